The van der Waals surface area contributed by atoms with Gasteiger partial charge in [0.05, 0.1) is 37.2 Å². The number of anilines is 2. The molecule has 11 heteroatoms. The van der Waals surface area contributed by atoms with Crippen LogP contribution in [-0.2, 0) is 29.5 Å². The summed E-state index contributed by atoms with van der Waals surface area (Å²) in [7, 11) is 0.535. The Bertz CT molecular complexity index is 1290. The summed E-state index contributed by atoms with van der Waals surface area (Å²) in [4.78, 5) is 11.5. The van der Waals surface area contributed by atoms with Crippen LogP contribution in [0.1, 0.15) is 24.0 Å². The topological polar surface area (TPSA) is 105 Å². The molecule has 33 heavy (non-hydrogen) atoms. The zero-order chi connectivity index (χ0) is 23.2. The smallest absolute Gasteiger partial charge is 0.229 e. The molecule has 0 bridgehead atoms. The van der Waals surface area contributed by atoms with Crippen LogP contribution in [0.25, 0.3) is 11.0 Å². The first kappa shape index (κ1) is 22.1. The molecule has 4 heterocycles. The molecule has 2 aliphatic heterocycles. The average molecular weight is 472 g/mol. The van der Waals surface area contributed by atoms with Gasteiger partial charge < -0.3 is 15.0 Å². The number of hydrogen-bond donors (Lipinski definition) is 1. The molecule has 176 valence electrons. The fraction of sp³-hybridized carbons (Fsp3) is 0.500. The number of rotatable bonds is 6. The Kier molecular flexibility index (Phi) is 5.71. The van der Waals surface area contributed by atoms with E-state index in [9.17, 15) is 8.42 Å². The fourth-order valence-corrected chi connectivity index (χ4v) is 5.98. The first-order chi connectivity index (χ1) is 15.8. The molecule has 1 fully saturated rings. The van der Waals surface area contributed by atoms with Crippen LogP contribution in [-0.4, -0.2) is 76.9 Å². The van der Waals surface area contributed by atoms with Crippen molar-refractivity contribution in [3.05, 3.63) is 35.7 Å². The summed E-state index contributed by atoms with van der Waals surface area (Å²) < 4.78 is 33.2. The summed E-state index contributed by atoms with van der Waals surface area (Å²) in [6.45, 7) is 2.93. The molecule has 0 unspecified atom stereocenters. The molecule has 10 nitrogen and oxygen atoms in total. The van der Waals surface area contributed by atoms with Gasteiger partial charge in [0.25, 0.3) is 0 Å². The summed E-state index contributed by atoms with van der Waals surface area (Å²) in [6.07, 6.45) is 7.37. The van der Waals surface area contributed by atoms with Crippen LogP contribution in [0.4, 0.5) is 11.6 Å². The third-order valence-corrected chi connectivity index (χ3v) is 7.81. The van der Waals surface area contributed by atoms with E-state index in [4.69, 9.17) is 9.72 Å². The normalized spacial score (nSPS) is 19.7. The van der Waals surface area contributed by atoms with Crippen molar-refractivity contribution in [1.29, 1.82) is 0 Å². The number of benzene rings is 1. The monoisotopic (exact) mass is 471 g/mol. The maximum absolute atomic E-state index is 12.1. The van der Waals surface area contributed by atoms with E-state index in [1.165, 1.54) is 17.4 Å². The van der Waals surface area contributed by atoms with E-state index in [1.54, 1.807) is 28.5 Å². The molecule has 5 rings (SSSR count). The van der Waals surface area contributed by atoms with E-state index in [2.05, 4.69) is 39.5 Å². The van der Waals surface area contributed by atoms with Crippen molar-refractivity contribution in [2.75, 3.05) is 38.8 Å². The lowest BCUT2D eigenvalue weighted by Gasteiger charge is -2.26. The molecule has 2 aromatic heterocycles. The largest absolute Gasteiger partial charge is 0.495 e. The second-order valence-corrected chi connectivity index (χ2v) is 10.8. The molecule has 1 N–H and O–H groups in total. The van der Waals surface area contributed by atoms with Gasteiger partial charge in [-0.1, -0.05) is 0 Å². The first-order valence-electron chi connectivity index (χ1n) is 11.1. The second kappa shape index (κ2) is 8.54. The third kappa shape index (κ3) is 4.40. The quantitative estimate of drug-likeness (QED) is 0.582. The highest BCUT2D eigenvalue weighted by Gasteiger charge is 2.32. The number of aromatic nitrogens is 4. The molecule has 1 aromatic carbocycles. The van der Waals surface area contributed by atoms with Gasteiger partial charge >= 0.3 is 0 Å². The summed E-state index contributed by atoms with van der Waals surface area (Å²) in [5.74, 6) is 1.20. The third-order valence-electron chi connectivity index (χ3n) is 6.48. The Morgan fingerprint density at radius 2 is 2.06 bits per heavy atom. The zero-order valence-corrected chi connectivity index (χ0v) is 20.0. The van der Waals surface area contributed by atoms with Gasteiger partial charge in [-0.2, -0.15) is 14.4 Å². The van der Waals surface area contributed by atoms with Gasteiger partial charge in [-0.3, -0.25) is 0 Å². The Hall–Kier alpha value is -2.76. The number of hydrogen-bond acceptors (Lipinski definition) is 8. The van der Waals surface area contributed by atoms with E-state index >= 15 is 0 Å². The van der Waals surface area contributed by atoms with Gasteiger partial charge in [-0.05, 0) is 49.6 Å². The fourth-order valence-electron chi connectivity index (χ4n) is 4.80. The van der Waals surface area contributed by atoms with Gasteiger partial charge in [0.15, 0.2) is 5.65 Å². The molecule has 1 saturated heterocycles. The van der Waals surface area contributed by atoms with Gasteiger partial charge in [0.2, 0.25) is 16.0 Å². The predicted molar refractivity (Wildman–Crippen MR) is 126 cm³/mol. The minimum atomic E-state index is -3.25. The van der Waals surface area contributed by atoms with Crippen LogP contribution in [0.3, 0.4) is 0 Å². The Morgan fingerprint density at radius 1 is 1.21 bits per heavy atom. The molecule has 0 aliphatic carbocycles. The Labute approximate surface area is 193 Å². The van der Waals surface area contributed by atoms with E-state index in [1.807, 2.05) is 0 Å². The predicted octanol–water partition coefficient (Wildman–Crippen LogP) is 1.99. The first-order valence-corrected chi connectivity index (χ1v) is 13.0. The standard InChI is InChI=1S/C22H29N7O3S/c1-27-8-6-15-10-20(32-2)19(9-16(15)13-27)25-22-23-11-17-12-24-28(21(17)26-22)14-18-5-4-7-29(18)33(3,30)31/h9-12,18H,4-8,13-14H2,1-3H3,(H,23,25,26)/t18-/m0/s1. The van der Waals surface area contributed by atoms with Crippen molar-refractivity contribution in [1.82, 2.24) is 29.0 Å². The minimum Gasteiger partial charge on any atom is -0.495 e. The van der Waals surface area contributed by atoms with Crippen LogP contribution in [0.2, 0.25) is 0 Å². The molecular weight excluding hydrogens is 442 g/mol. The summed E-state index contributed by atoms with van der Waals surface area (Å²) in [5.41, 5.74) is 4.05. The van der Waals surface area contributed by atoms with Gasteiger partial charge in [-0.15, -0.1) is 0 Å². The summed E-state index contributed by atoms with van der Waals surface area (Å²) >= 11 is 0. The van der Waals surface area contributed by atoms with Gasteiger partial charge in [-0.25, -0.2) is 18.1 Å². The number of nitrogens with one attached hydrogen (secondary N) is 1. The summed E-state index contributed by atoms with van der Waals surface area (Å²) in [6, 6.07) is 4.08. The highest BCUT2D eigenvalue weighted by molar-refractivity contribution is 7.88. The van der Waals surface area contributed by atoms with E-state index < -0.39 is 10.0 Å². The number of nitrogens with zero attached hydrogens (tertiary/aromatic N) is 6. The van der Waals surface area contributed by atoms with Crippen molar-refractivity contribution in [2.45, 2.75) is 38.4 Å². The lowest BCUT2D eigenvalue weighted by Crippen LogP contribution is -2.37. The number of ether oxygens (including phenoxy) is 1. The number of sulfonamides is 1. The van der Waals surface area contributed by atoms with E-state index in [-0.39, 0.29) is 6.04 Å². The van der Waals surface area contributed by atoms with Gasteiger partial charge in [0.1, 0.15) is 5.75 Å². The van der Waals surface area contributed by atoms with E-state index in [0.29, 0.717) is 24.7 Å². The molecule has 0 saturated carbocycles. The van der Waals surface area contributed by atoms with Crippen LogP contribution in [0, 0.1) is 0 Å². The molecule has 0 radical (unpaired) electrons. The zero-order valence-electron chi connectivity index (χ0n) is 19.2. The second-order valence-electron chi connectivity index (χ2n) is 8.90. The molecule has 0 spiro atoms. The highest BCUT2D eigenvalue weighted by Crippen LogP contribution is 2.33. The highest BCUT2D eigenvalue weighted by atomic mass is 32.2. The number of methoxy groups -OCH3 is 1. The SMILES string of the molecule is COc1cc2c(cc1Nc1ncc3cnn(C[C@@H]4CCCN4S(C)(=O)=O)c3n1)CN(C)CC2. The minimum absolute atomic E-state index is 0.118. The van der Waals surface area contributed by atoms with Crippen LogP contribution < -0.4 is 10.1 Å². The van der Waals surface area contributed by atoms with Crippen LogP contribution >= 0.6 is 0 Å². The van der Waals surface area contributed by atoms with Crippen molar-refractivity contribution in [2.24, 2.45) is 0 Å². The Morgan fingerprint density at radius 3 is 2.85 bits per heavy atom. The molecule has 1 atom stereocenters. The maximum atomic E-state index is 12.1. The van der Waals surface area contributed by atoms with Crippen molar-refractivity contribution >= 4 is 32.7 Å². The molecule has 3 aromatic rings. The lowest BCUT2D eigenvalue weighted by molar-refractivity contribution is 0.312. The van der Waals surface area contributed by atoms with Crippen LogP contribution in [0.5, 0.6) is 5.75 Å². The lowest BCUT2D eigenvalue weighted by atomic mass is 9.99. The average Bonchev–Trinajstić information content (AvgIpc) is 3.41. The van der Waals surface area contributed by atoms with Crippen molar-refractivity contribution in [3.8, 4) is 5.75 Å². The number of likely N-dealkylation sites (N-methyl/N-ethyl adjacent to an activating group) is 1. The maximum Gasteiger partial charge on any atom is 0.229 e. The molecule has 0 amide bonds. The summed E-state index contributed by atoms with van der Waals surface area (Å²) in [5, 5.41) is 8.58. The molecule has 2 aliphatic rings. The molecular formula is C22H29N7O3S. The van der Waals surface area contributed by atoms with Gasteiger partial charge in [0, 0.05) is 31.9 Å². The van der Waals surface area contributed by atoms with Crippen molar-refractivity contribution in [3.63, 3.8) is 0 Å². The Balaban J connectivity index is 1.43. The van der Waals surface area contributed by atoms with Crippen LogP contribution in [0.15, 0.2) is 24.5 Å². The van der Waals surface area contributed by atoms with Crippen molar-refractivity contribution < 1.29 is 13.2 Å². The van der Waals surface area contributed by atoms with E-state index in [0.717, 1.165) is 49.2 Å². The number of fused-ring (bicyclic) bond motifs is 2.